The molecular weight excluding hydrogens is 268 g/mol. The van der Waals surface area contributed by atoms with E-state index in [-0.39, 0.29) is 5.75 Å². The van der Waals surface area contributed by atoms with Crippen molar-refractivity contribution in [2.24, 2.45) is 0 Å². The molecule has 0 spiro atoms. The minimum atomic E-state index is 0.228. The SMILES string of the molecule is CCN(O)CCNc1nnc(-c2ccc(O)cc2)cc1C. The van der Waals surface area contributed by atoms with Crippen LogP contribution in [0.15, 0.2) is 30.3 Å². The highest BCUT2D eigenvalue weighted by Crippen LogP contribution is 2.22. The van der Waals surface area contributed by atoms with Crippen LogP contribution >= 0.6 is 0 Å². The van der Waals surface area contributed by atoms with E-state index < -0.39 is 0 Å². The Morgan fingerprint density at radius 1 is 1.19 bits per heavy atom. The number of phenols is 1. The van der Waals surface area contributed by atoms with Gasteiger partial charge in [0.15, 0.2) is 5.82 Å². The van der Waals surface area contributed by atoms with Gasteiger partial charge in [-0.2, -0.15) is 5.06 Å². The zero-order valence-electron chi connectivity index (χ0n) is 12.2. The topological polar surface area (TPSA) is 81.5 Å². The lowest BCUT2D eigenvalue weighted by atomic mass is 10.1. The Morgan fingerprint density at radius 3 is 2.52 bits per heavy atom. The molecule has 1 aromatic heterocycles. The molecule has 0 saturated carbocycles. The van der Waals surface area contributed by atoms with Crippen LogP contribution in [0.25, 0.3) is 11.3 Å². The number of nitrogens with zero attached hydrogens (tertiary/aromatic N) is 3. The van der Waals surface area contributed by atoms with E-state index in [0.29, 0.717) is 25.5 Å². The van der Waals surface area contributed by atoms with Crippen LogP contribution in [-0.2, 0) is 0 Å². The van der Waals surface area contributed by atoms with Gasteiger partial charge >= 0.3 is 0 Å². The third-order valence-corrected chi connectivity index (χ3v) is 3.17. The van der Waals surface area contributed by atoms with Crippen molar-refractivity contribution >= 4 is 5.82 Å². The lowest BCUT2D eigenvalue weighted by Gasteiger charge is -2.13. The van der Waals surface area contributed by atoms with Crippen molar-refractivity contribution < 1.29 is 10.3 Å². The third-order valence-electron chi connectivity index (χ3n) is 3.17. The lowest BCUT2D eigenvalue weighted by molar-refractivity contribution is -0.0823. The first kappa shape index (κ1) is 15.2. The van der Waals surface area contributed by atoms with E-state index in [1.54, 1.807) is 24.3 Å². The maximum Gasteiger partial charge on any atom is 0.151 e. The number of phenolic OH excluding ortho intramolecular Hbond substituents is 1. The summed E-state index contributed by atoms with van der Waals surface area (Å²) in [5.41, 5.74) is 2.65. The summed E-state index contributed by atoms with van der Waals surface area (Å²) in [5, 5.41) is 31.4. The molecule has 2 aromatic rings. The highest BCUT2D eigenvalue weighted by atomic mass is 16.5. The van der Waals surface area contributed by atoms with E-state index in [9.17, 15) is 10.3 Å². The van der Waals surface area contributed by atoms with Crippen LogP contribution in [0.5, 0.6) is 5.75 Å². The van der Waals surface area contributed by atoms with E-state index >= 15 is 0 Å². The molecular formula is C15H20N4O2. The van der Waals surface area contributed by atoms with Crippen molar-refractivity contribution in [1.29, 1.82) is 0 Å². The van der Waals surface area contributed by atoms with Gasteiger partial charge in [0.25, 0.3) is 0 Å². The fraction of sp³-hybridized carbons (Fsp3) is 0.333. The van der Waals surface area contributed by atoms with Crippen LogP contribution in [0, 0.1) is 6.92 Å². The van der Waals surface area contributed by atoms with Crippen LogP contribution in [0.3, 0.4) is 0 Å². The van der Waals surface area contributed by atoms with Gasteiger partial charge in [0.1, 0.15) is 5.75 Å². The highest BCUT2D eigenvalue weighted by molar-refractivity contribution is 5.62. The molecule has 2 rings (SSSR count). The van der Waals surface area contributed by atoms with Crippen molar-refractivity contribution in [1.82, 2.24) is 15.3 Å². The Bertz CT molecular complexity index is 587. The van der Waals surface area contributed by atoms with E-state index in [1.807, 2.05) is 19.9 Å². The predicted molar refractivity (Wildman–Crippen MR) is 81.4 cm³/mol. The minimum Gasteiger partial charge on any atom is -0.508 e. The minimum absolute atomic E-state index is 0.228. The molecule has 112 valence electrons. The molecule has 1 heterocycles. The number of hydroxylamine groups is 2. The molecule has 0 aliphatic rings. The van der Waals surface area contributed by atoms with Gasteiger partial charge in [-0.1, -0.05) is 6.92 Å². The maximum atomic E-state index is 9.36. The number of anilines is 1. The molecule has 0 aliphatic carbocycles. The summed E-state index contributed by atoms with van der Waals surface area (Å²) < 4.78 is 0. The number of aromatic nitrogens is 2. The average Bonchev–Trinajstić information content (AvgIpc) is 2.49. The number of benzene rings is 1. The van der Waals surface area contributed by atoms with Gasteiger partial charge in [0, 0.05) is 25.2 Å². The van der Waals surface area contributed by atoms with E-state index in [2.05, 4.69) is 15.5 Å². The number of rotatable bonds is 6. The quantitative estimate of drug-likeness (QED) is 0.708. The molecule has 0 unspecified atom stereocenters. The Balaban J connectivity index is 2.05. The molecule has 21 heavy (non-hydrogen) atoms. The second kappa shape index (κ2) is 7.01. The average molecular weight is 288 g/mol. The molecule has 0 radical (unpaired) electrons. The predicted octanol–water partition coefficient (Wildman–Crippen LogP) is 2.28. The van der Waals surface area contributed by atoms with Gasteiger partial charge in [-0.25, -0.2) is 0 Å². The molecule has 6 nitrogen and oxygen atoms in total. The van der Waals surface area contributed by atoms with Crippen LogP contribution in [0.4, 0.5) is 5.82 Å². The third kappa shape index (κ3) is 4.14. The number of aryl methyl sites for hydroxylation is 1. The van der Waals surface area contributed by atoms with Gasteiger partial charge in [0.2, 0.25) is 0 Å². The van der Waals surface area contributed by atoms with Crippen molar-refractivity contribution in [2.75, 3.05) is 25.0 Å². The summed E-state index contributed by atoms with van der Waals surface area (Å²) in [6.07, 6.45) is 0. The first-order valence-electron chi connectivity index (χ1n) is 6.91. The summed E-state index contributed by atoms with van der Waals surface area (Å²) in [6.45, 7) is 5.55. The molecule has 1 aromatic carbocycles. The van der Waals surface area contributed by atoms with Crippen LogP contribution in [0.1, 0.15) is 12.5 Å². The molecule has 0 amide bonds. The van der Waals surface area contributed by atoms with E-state index in [1.165, 1.54) is 5.06 Å². The molecule has 0 aliphatic heterocycles. The second-order valence-electron chi connectivity index (χ2n) is 4.78. The molecule has 0 bridgehead atoms. The zero-order valence-corrected chi connectivity index (χ0v) is 12.2. The largest absolute Gasteiger partial charge is 0.508 e. The van der Waals surface area contributed by atoms with E-state index in [4.69, 9.17) is 0 Å². The van der Waals surface area contributed by atoms with Gasteiger partial charge < -0.3 is 15.6 Å². The van der Waals surface area contributed by atoms with Crippen molar-refractivity contribution in [3.05, 3.63) is 35.9 Å². The van der Waals surface area contributed by atoms with Crippen LogP contribution in [0.2, 0.25) is 0 Å². The van der Waals surface area contributed by atoms with Crippen LogP contribution < -0.4 is 5.32 Å². The number of aromatic hydroxyl groups is 1. The number of likely N-dealkylation sites (N-methyl/N-ethyl adjacent to an activating group) is 1. The summed E-state index contributed by atoms with van der Waals surface area (Å²) in [7, 11) is 0. The molecule has 3 N–H and O–H groups in total. The van der Waals surface area contributed by atoms with E-state index in [0.717, 1.165) is 16.8 Å². The molecule has 0 atom stereocenters. The second-order valence-corrected chi connectivity index (χ2v) is 4.78. The fourth-order valence-corrected chi connectivity index (χ4v) is 1.89. The summed E-state index contributed by atoms with van der Waals surface area (Å²) in [5.74, 6) is 0.938. The van der Waals surface area contributed by atoms with Gasteiger partial charge in [-0.3, -0.25) is 0 Å². The Labute approximate surface area is 124 Å². The highest BCUT2D eigenvalue weighted by Gasteiger charge is 2.06. The summed E-state index contributed by atoms with van der Waals surface area (Å²) in [6, 6.07) is 8.80. The Kier molecular flexibility index (Phi) is 5.08. The molecule has 0 saturated heterocycles. The zero-order chi connectivity index (χ0) is 15.2. The Morgan fingerprint density at radius 2 is 1.90 bits per heavy atom. The lowest BCUT2D eigenvalue weighted by Crippen LogP contribution is -2.25. The maximum absolute atomic E-state index is 9.36. The van der Waals surface area contributed by atoms with Gasteiger partial charge in [0.05, 0.1) is 5.69 Å². The first-order valence-corrected chi connectivity index (χ1v) is 6.91. The number of nitrogens with one attached hydrogen (secondary N) is 1. The van der Waals surface area contributed by atoms with Crippen molar-refractivity contribution in [2.45, 2.75) is 13.8 Å². The van der Waals surface area contributed by atoms with Crippen molar-refractivity contribution in [3.8, 4) is 17.0 Å². The fourth-order valence-electron chi connectivity index (χ4n) is 1.89. The van der Waals surface area contributed by atoms with Crippen LogP contribution in [-0.4, -0.2) is 45.2 Å². The van der Waals surface area contributed by atoms with Gasteiger partial charge in [-0.15, -0.1) is 10.2 Å². The number of hydrogen-bond donors (Lipinski definition) is 3. The van der Waals surface area contributed by atoms with Gasteiger partial charge in [-0.05, 0) is 42.8 Å². The van der Waals surface area contributed by atoms with Crippen molar-refractivity contribution in [3.63, 3.8) is 0 Å². The smallest absolute Gasteiger partial charge is 0.151 e. The molecule has 0 fully saturated rings. The first-order chi connectivity index (χ1) is 10.1. The number of hydrogen-bond acceptors (Lipinski definition) is 6. The monoisotopic (exact) mass is 288 g/mol. The molecule has 6 heteroatoms. The standard InChI is InChI=1S/C15H20N4O2/c1-3-19(21)9-8-16-15-11(2)10-14(17-18-15)12-4-6-13(20)7-5-12/h4-7,10,20-21H,3,8-9H2,1-2H3,(H,16,18). The Hall–Kier alpha value is -2.18. The summed E-state index contributed by atoms with van der Waals surface area (Å²) in [4.78, 5) is 0. The summed E-state index contributed by atoms with van der Waals surface area (Å²) >= 11 is 0. The normalized spacial score (nSPS) is 10.9.